The van der Waals surface area contributed by atoms with Crippen LogP contribution in [0.4, 0.5) is 17.6 Å². The summed E-state index contributed by atoms with van der Waals surface area (Å²) < 4.78 is 51.2. The number of halogens is 4. The van der Waals surface area contributed by atoms with Gasteiger partial charge in [0, 0.05) is 0 Å². The van der Waals surface area contributed by atoms with Gasteiger partial charge in [0.15, 0.2) is 5.78 Å². The highest BCUT2D eigenvalue weighted by molar-refractivity contribution is 6.09. The van der Waals surface area contributed by atoms with E-state index in [4.69, 9.17) is 0 Å². The average molecular weight is 272 g/mol. The van der Waals surface area contributed by atoms with E-state index in [9.17, 15) is 22.4 Å². The topological polar surface area (TPSA) is 17.1 Å². The first kappa shape index (κ1) is 13.8. The molecule has 0 saturated carbocycles. The van der Waals surface area contributed by atoms with Crippen LogP contribution < -0.4 is 0 Å². The molecule has 1 aromatic rings. The SMILES string of the molecule is O=C(C1=CCCCC1)c1cc(C(F)(F)F)ccc1F. The lowest BCUT2D eigenvalue weighted by Crippen LogP contribution is -2.12. The summed E-state index contributed by atoms with van der Waals surface area (Å²) in [6.07, 6.45) is 0.0609. The summed E-state index contributed by atoms with van der Waals surface area (Å²) >= 11 is 0. The number of alkyl halides is 3. The van der Waals surface area contributed by atoms with Crippen LogP contribution in [0.3, 0.4) is 0 Å². The Morgan fingerprint density at radius 3 is 2.47 bits per heavy atom. The third kappa shape index (κ3) is 3.03. The predicted molar refractivity (Wildman–Crippen MR) is 62.3 cm³/mol. The molecule has 0 amide bonds. The van der Waals surface area contributed by atoms with Crippen LogP contribution in [-0.2, 0) is 6.18 Å². The Labute approximate surface area is 107 Å². The summed E-state index contributed by atoms with van der Waals surface area (Å²) in [5.74, 6) is -1.55. The van der Waals surface area contributed by atoms with E-state index in [0.717, 1.165) is 12.8 Å². The highest BCUT2D eigenvalue weighted by Crippen LogP contribution is 2.31. The van der Waals surface area contributed by atoms with Crippen molar-refractivity contribution in [2.75, 3.05) is 0 Å². The summed E-state index contributed by atoms with van der Waals surface area (Å²) in [4.78, 5) is 12.0. The number of benzene rings is 1. The summed E-state index contributed by atoms with van der Waals surface area (Å²) in [6, 6.07) is 1.92. The monoisotopic (exact) mass is 272 g/mol. The Balaban J connectivity index is 2.38. The minimum absolute atomic E-state index is 0.407. The predicted octanol–water partition coefficient (Wildman–Crippen LogP) is 4.53. The van der Waals surface area contributed by atoms with Crippen molar-refractivity contribution in [1.29, 1.82) is 0 Å². The van der Waals surface area contributed by atoms with Crippen molar-refractivity contribution in [3.63, 3.8) is 0 Å². The van der Waals surface area contributed by atoms with Crippen LogP contribution in [0.25, 0.3) is 0 Å². The van der Waals surface area contributed by atoms with E-state index in [1.165, 1.54) is 0 Å². The molecule has 0 N–H and O–H groups in total. The Bertz CT molecular complexity index is 529. The highest BCUT2D eigenvalue weighted by atomic mass is 19.4. The molecule has 0 aromatic heterocycles. The quantitative estimate of drug-likeness (QED) is 0.571. The number of rotatable bonds is 2. The van der Waals surface area contributed by atoms with Gasteiger partial charge in [-0.15, -0.1) is 0 Å². The van der Waals surface area contributed by atoms with Crippen LogP contribution in [0.15, 0.2) is 29.8 Å². The molecule has 0 radical (unpaired) electrons. The molecule has 5 heteroatoms. The normalized spacial score (nSPS) is 16.1. The lowest BCUT2D eigenvalue weighted by atomic mass is 9.92. The smallest absolute Gasteiger partial charge is 0.289 e. The Morgan fingerprint density at radius 2 is 1.89 bits per heavy atom. The van der Waals surface area contributed by atoms with E-state index in [0.29, 0.717) is 36.6 Å². The maximum absolute atomic E-state index is 13.5. The van der Waals surface area contributed by atoms with Gasteiger partial charge in [0.1, 0.15) is 5.82 Å². The van der Waals surface area contributed by atoms with Crippen LogP contribution in [0.1, 0.15) is 41.6 Å². The number of ketones is 1. The van der Waals surface area contributed by atoms with E-state index in [-0.39, 0.29) is 0 Å². The Hall–Kier alpha value is -1.65. The van der Waals surface area contributed by atoms with Crippen molar-refractivity contribution in [1.82, 2.24) is 0 Å². The number of carbonyl (C=O) groups excluding carboxylic acids is 1. The fourth-order valence-corrected chi connectivity index (χ4v) is 2.09. The molecule has 0 spiro atoms. The molecule has 0 heterocycles. The Morgan fingerprint density at radius 1 is 1.16 bits per heavy atom. The molecule has 1 aliphatic rings. The Kier molecular flexibility index (Phi) is 3.73. The summed E-state index contributed by atoms with van der Waals surface area (Å²) in [7, 11) is 0. The molecule has 0 bridgehead atoms. The summed E-state index contributed by atoms with van der Waals surface area (Å²) in [5, 5.41) is 0. The molecule has 1 aromatic carbocycles. The number of Topliss-reactive ketones (excluding diaryl/α,β-unsaturated/α-hetero) is 1. The number of hydrogen-bond acceptors (Lipinski definition) is 1. The largest absolute Gasteiger partial charge is 0.416 e. The van der Waals surface area contributed by atoms with Crippen molar-refractivity contribution in [3.05, 3.63) is 46.8 Å². The number of carbonyl (C=O) groups is 1. The average Bonchev–Trinajstić information content (AvgIpc) is 2.38. The first-order valence-corrected chi connectivity index (χ1v) is 6.00. The van der Waals surface area contributed by atoms with Gasteiger partial charge in [0.05, 0.1) is 11.1 Å². The van der Waals surface area contributed by atoms with Crippen molar-refractivity contribution in [2.45, 2.75) is 31.9 Å². The molecular formula is C14H12F4O. The minimum atomic E-state index is -4.58. The fourth-order valence-electron chi connectivity index (χ4n) is 2.09. The maximum atomic E-state index is 13.5. The zero-order valence-corrected chi connectivity index (χ0v) is 10.1. The first-order chi connectivity index (χ1) is 8.89. The van der Waals surface area contributed by atoms with Crippen molar-refractivity contribution in [3.8, 4) is 0 Å². The zero-order chi connectivity index (χ0) is 14.0. The lowest BCUT2D eigenvalue weighted by molar-refractivity contribution is -0.137. The van der Waals surface area contributed by atoms with E-state index >= 15 is 0 Å². The maximum Gasteiger partial charge on any atom is 0.416 e. The standard InChI is InChI=1S/C14H12F4O/c15-12-7-6-10(14(16,17)18)8-11(12)13(19)9-4-2-1-3-5-9/h4,6-8H,1-3,5H2. The molecule has 19 heavy (non-hydrogen) atoms. The van der Waals surface area contributed by atoms with Gasteiger partial charge in [-0.2, -0.15) is 13.2 Å². The summed E-state index contributed by atoms with van der Waals surface area (Å²) in [6.45, 7) is 0. The van der Waals surface area contributed by atoms with Crippen molar-refractivity contribution in [2.24, 2.45) is 0 Å². The van der Waals surface area contributed by atoms with E-state index in [1.807, 2.05) is 0 Å². The van der Waals surface area contributed by atoms with Gasteiger partial charge in [-0.05, 0) is 49.5 Å². The third-order valence-corrected chi connectivity index (χ3v) is 3.12. The minimum Gasteiger partial charge on any atom is -0.289 e. The van der Waals surface area contributed by atoms with E-state index in [2.05, 4.69) is 0 Å². The van der Waals surface area contributed by atoms with Gasteiger partial charge in [0.2, 0.25) is 0 Å². The van der Waals surface area contributed by atoms with Crippen LogP contribution in [0.2, 0.25) is 0 Å². The fraction of sp³-hybridized carbons (Fsp3) is 0.357. The molecule has 0 saturated heterocycles. The molecule has 1 aliphatic carbocycles. The molecule has 0 unspecified atom stereocenters. The van der Waals surface area contributed by atoms with Crippen molar-refractivity contribution < 1.29 is 22.4 Å². The van der Waals surface area contributed by atoms with Gasteiger partial charge in [0.25, 0.3) is 0 Å². The second kappa shape index (κ2) is 5.15. The van der Waals surface area contributed by atoms with Crippen LogP contribution in [0, 0.1) is 5.82 Å². The molecule has 102 valence electrons. The van der Waals surface area contributed by atoms with Gasteiger partial charge in [-0.1, -0.05) is 6.08 Å². The molecule has 0 atom stereocenters. The number of hydrogen-bond donors (Lipinski definition) is 0. The van der Waals surface area contributed by atoms with Gasteiger partial charge < -0.3 is 0 Å². The number of allylic oxidation sites excluding steroid dienone is 2. The second-order valence-electron chi connectivity index (χ2n) is 4.50. The van der Waals surface area contributed by atoms with E-state index in [1.54, 1.807) is 6.08 Å². The zero-order valence-electron chi connectivity index (χ0n) is 10.1. The van der Waals surface area contributed by atoms with E-state index < -0.39 is 28.9 Å². The van der Waals surface area contributed by atoms with Gasteiger partial charge >= 0.3 is 6.18 Å². The first-order valence-electron chi connectivity index (χ1n) is 6.00. The lowest BCUT2D eigenvalue weighted by Gasteiger charge is -2.13. The second-order valence-corrected chi connectivity index (χ2v) is 4.50. The third-order valence-electron chi connectivity index (χ3n) is 3.12. The van der Waals surface area contributed by atoms with Crippen LogP contribution in [-0.4, -0.2) is 5.78 Å². The molecular weight excluding hydrogens is 260 g/mol. The van der Waals surface area contributed by atoms with Crippen molar-refractivity contribution >= 4 is 5.78 Å². The molecule has 2 rings (SSSR count). The molecule has 1 nitrogen and oxygen atoms in total. The van der Waals surface area contributed by atoms with Crippen LogP contribution in [0.5, 0.6) is 0 Å². The van der Waals surface area contributed by atoms with Gasteiger partial charge in [-0.3, -0.25) is 4.79 Å². The molecule has 0 aliphatic heterocycles. The molecule has 0 fully saturated rings. The van der Waals surface area contributed by atoms with Crippen LogP contribution >= 0.6 is 0 Å². The van der Waals surface area contributed by atoms with Gasteiger partial charge in [-0.25, -0.2) is 4.39 Å². The highest BCUT2D eigenvalue weighted by Gasteiger charge is 2.32. The summed E-state index contributed by atoms with van der Waals surface area (Å²) in [5.41, 5.74) is -1.10.